The van der Waals surface area contributed by atoms with Gasteiger partial charge in [0.2, 0.25) is 0 Å². The second-order valence-corrected chi connectivity index (χ2v) is 4.05. The van der Waals surface area contributed by atoms with E-state index >= 15 is 0 Å². The van der Waals surface area contributed by atoms with Crippen molar-refractivity contribution in [3.8, 4) is 0 Å². The molecule has 1 atom stereocenters. The Morgan fingerprint density at radius 1 is 1.50 bits per heavy atom. The van der Waals surface area contributed by atoms with Crippen LogP contribution in [-0.4, -0.2) is 49.7 Å². The van der Waals surface area contributed by atoms with E-state index in [4.69, 9.17) is 9.15 Å². The first kappa shape index (κ1) is 12.6. The van der Waals surface area contributed by atoms with E-state index < -0.39 is 12.0 Å². The summed E-state index contributed by atoms with van der Waals surface area (Å²) in [5, 5.41) is 0. The number of furan rings is 1. The summed E-state index contributed by atoms with van der Waals surface area (Å²) in [6.07, 6.45) is 1.45. The monoisotopic (exact) mass is 253 g/mol. The lowest BCUT2D eigenvalue weighted by molar-refractivity contribution is -0.151. The van der Waals surface area contributed by atoms with E-state index in [2.05, 4.69) is 4.74 Å². The zero-order chi connectivity index (χ0) is 13.1. The molecule has 0 saturated carbocycles. The molecule has 18 heavy (non-hydrogen) atoms. The third-order valence-corrected chi connectivity index (χ3v) is 2.92. The second-order valence-electron chi connectivity index (χ2n) is 4.05. The van der Waals surface area contributed by atoms with Gasteiger partial charge in [0.25, 0.3) is 5.91 Å². The SMILES string of the molecule is COC(=O)C1COCCN1C(=O)c1occc1C. The maximum Gasteiger partial charge on any atom is 0.331 e. The molecule has 0 aromatic carbocycles. The fourth-order valence-corrected chi connectivity index (χ4v) is 1.90. The molecule has 6 heteroatoms. The van der Waals surface area contributed by atoms with Gasteiger partial charge in [-0.2, -0.15) is 0 Å². The van der Waals surface area contributed by atoms with Crippen LogP contribution in [0.3, 0.4) is 0 Å². The predicted molar refractivity (Wildman–Crippen MR) is 61.1 cm³/mol. The van der Waals surface area contributed by atoms with Crippen molar-refractivity contribution in [2.75, 3.05) is 26.9 Å². The first-order valence-corrected chi connectivity index (χ1v) is 5.65. The van der Waals surface area contributed by atoms with Gasteiger partial charge in [0.1, 0.15) is 0 Å². The van der Waals surface area contributed by atoms with Crippen molar-refractivity contribution in [3.63, 3.8) is 0 Å². The number of morpholine rings is 1. The van der Waals surface area contributed by atoms with Crippen LogP contribution in [0.15, 0.2) is 16.7 Å². The van der Waals surface area contributed by atoms with Gasteiger partial charge in [0.15, 0.2) is 11.8 Å². The highest BCUT2D eigenvalue weighted by Crippen LogP contribution is 2.17. The third-order valence-electron chi connectivity index (χ3n) is 2.92. The first-order chi connectivity index (χ1) is 8.65. The molecule has 1 fully saturated rings. The van der Waals surface area contributed by atoms with Gasteiger partial charge < -0.3 is 18.8 Å². The third kappa shape index (κ3) is 2.24. The molecule has 0 N–H and O–H groups in total. The molecule has 98 valence electrons. The molecule has 1 aromatic heterocycles. The van der Waals surface area contributed by atoms with Crippen molar-refractivity contribution < 1.29 is 23.5 Å². The van der Waals surface area contributed by atoms with Crippen LogP contribution in [0.1, 0.15) is 16.1 Å². The Kier molecular flexibility index (Phi) is 3.66. The minimum Gasteiger partial charge on any atom is -0.467 e. The van der Waals surface area contributed by atoms with Gasteiger partial charge in [-0.05, 0) is 13.0 Å². The van der Waals surface area contributed by atoms with Gasteiger partial charge in [-0.3, -0.25) is 4.79 Å². The van der Waals surface area contributed by atoms with Crippen molar-refractivity contribution in [1.82, 2.24) is 4.90 Å². The average molecular weight is 253 g/mol. The minimum atomic E-state index is -0.708. The Balaban J connectivity index is 2.21. The van der Waals surface area contributed by atoms with E-state index in [9.17, 15) is 9.59 Å². The van der Waals surface area contributed by atoms with Gasteiger partial charge in [0.05, 0.1) is 26.6 Å². The average Bonchev–Trinajstić information content (AvgIpc) is 2.83. The number of aryl methyl sites for hydroxylation is 1. The summed E-state index contributed by atoms with van der Waals surface area (Å²) >= 11 is 0. The number of amides is 1. The lowest BCUT2D eigenvalue weighted by atomic mass is 10.2. The van der Waals surface area contributed by atoms with Crippen molar-refractivity contribution in [2.24, 2.45) is 0 Å². The number of hydrogen-bond acceptors (Lipinski definition) is 5. The highest BCUT2D eigenvalue weighted by Gasteiger charge is 2.35. The van der Waals surface area contributed by atoms with Crippen LogP contribution in [0.2, 0.25) is 0 Å². The molecule has 2 rings (SSSR count). The molecular weight excluding hydrogens is 238 g/mol. The topological polar surface area (TPSA) is 69.0 Å². The van der Waals surface area contributed by atoms with Crippen molar-refractivity contribution in [3.05, 3.63) is 23.7 Å². The van der Waals surface area contributed by atoms with E-state index in [-0.39, 0.29) is 18.3 Å². The molecule has 0 radical (unpaired) electrons. The van der Waals surface area contributed by atoms with Gasteiger partial charge >= 0.3 is 5.97 Å². The highest BCUT2D eigenvalue weighted by molar-refractivity contribution is 5.95. The fourth-order valence-electron chi connectivity index (χ4n) is 1.90. The molecule has 1 aromatic rings. The predicted octanol–water partition coefficient (Wildman–Crippen LogP) is 0.602. The van der Waals surface area contributed by atoms with Crippen LogP contribution in [0.4, 0.5) is 0 Å². The lowest BCUT2D eigenvalue weighted by Crippen LogP contribution is -2.53. The summed E-state index contributed by atoms with van der Waals surface area (Å²) in [4.78, 5) is 25.3. The molecule has 1 aliphatic heterocycles. The maximum absolute atomic E-state index is 12.3. The van der Waals surface area contributed by atoms with E-state index in [0.29, 0.717) is 13.2 Å². The van der Waals surface area contributed by atoms with Gasteiger partial charge in [0, 0.05) is 12.1 Å². The van der Waals surface area contributed by atoms with E-state index in [1.165, 1.54) is 18.3 Å². The van der Waals surface area contributed by atoms with Crippen LogP contribution in [0, 0.1) is 6.92 Å². The highest BCUT2D eigenvalue weighted by atomic mass is 16.5. The van der Waals surface area contributed by atoms with Crippen LogP contribution in [0.5, 0.6) is 0 Å². The quantitative estimate of drug-likeness (QED) is 0.722. The Bertz CT molecular complexity index is 453. The number of ether oxygens (including phenoxy) is 2. The second kappa shape index (κ2) is 5.22. The normalized spacial score (nSPS) is 19.7. The van der Waals surface area contributed by atoms with Gasteiger partial charge in [-0.1, -0.05) is 0 Å². The van der Waals surface area contributed by atoms with Crippen molar-refractivity contribution in [2.45, 2.75) is 13.0 Å². The molecule has 1 amide bonds. The Morgan fingerprint density at radius 3 is 2.89 bits per heavy atom. The number of carbonyl (C=O) groups excluding carboxylic acids is 2. The van der Waals surface area contributed by atoms with Crippen LogP contribution >= 0.6 is 0 Å². The minimum absolute atomic E-state index is 0.151. The summed E-state index contributed by atoms with van der Waals surface area (Å²) in [6.45, 7) is 2.68. The summed E-state index contributed by atoms with van der Waals surface area (Å²) in [6, 6.07) is 1.00. The van der Waals surface area contributed by atoms with Crippen LogP contribution < -0.4 is 0 Å². The number of hydrogen-bond donors (Lipinski definition) is 0. The standard InChI is InChI=1S/C12H15NO5/c1-8-3-5-18-10(8)11(14)13-4-6-17-7-9(13)12(15)16-2/h3,5,9H,4,6-7H2,1-2H3. The Morgan fingerprint density at radius 2 is 2.28 bits per heavy atom. The van der Waals surface area contributed by atoms with E-state index in [1.807, 2.05) is 0 Å². The zero-order valence-electron chi connectivity index (χ0n) is 10.3. The van der Waals surface area contributed by atoms with E-state index in [1.54, 1.807) is 13.0 Å². The molecule has 1 aliphatic rings. The number of esters is 1. The van der Waals surface area contributed by atoms with E-state index in [0.717, 1.165) is 5.56 Å². The molecule has 1 unspecified atom stereocenters. The summed E-state index contributed by atoms with van der Waals surface area (Å²) < 4.78 is 15.0. The molecular formula is C12H15NO5. The van der Waals surface area contributed by atoms with Crippen molar-refractivity contribution >= 4 is 11.9 Å². The first-order valence-electron chi connectivity index (χ1n) is 5.65. The van der Waals surface area contributed by atoms with Gasteiger partial charge in [-0.25, -0.2) is 4.79 Å². The lowest BCUT2D eigenvalue weighted by Gasteiger charge is -2.33. The Labute approximate surface area is 104 Å². The van der Waals surface area contributed by atoms with Crippen molar-refractivity contribution in [1.29, 1.82) is 0 Å². The number of nitrogens with zero attached hydrogens (tertiary/aromatic N) is 1. The fraction of sp³-hybridized carbons (Fsp3) is 0.500. The number of methoxy groups -OCH3 is 1. The van der Waals surface area contributed by atoms with Crippen LogP contribution in [-0.2, 0) is 14.3 Å². The molecule has 0 bridgehead atoms. The molecule has 2 heterocycles. The summed E-state index contributed by atoms with van der Waals surface area (Å²) in [5.41, 5.74) is 0.745. The van der Waals surface area contributed by atoms with Gasteiger partial charge in [-0.15, -0.1) is 0 Å². The largest absolute Gasteiger partial charge is 0.467 e. The number of rotatable bonds is 2. The molecule has 1 saturated heterocycles. The summed E-state index contributed by atoms with van der Waals surface area (Å²) in [7, 11) is 1.29. The zero-order valence-corrected chi connectivity index (χ0v) is 10.3. The molecule has 0 aliphatic carbocycles. The molecule has 6 nitrogen and oxygen atoms in total. The smallest absolute Gasteiger partial charge is 0.331 e. The number of carbonyl (C=O) groups is 2. The maximum atomic E-state index is 12.3. The molecule has 0 spiro atoms. The summed E-state index contributed by atoms with van der Waals surface area (Å²) in [5.74, 6) is -0.533. The Hall–Kier alpha value is -1.82. The van der Waals surface area contributed by atoms with Crippen LogP contribution in [0.25, 0.3) is 0 Å².